The second-order valence-corrected chi connectivity index (χ2v) is 7.29. The molecule has 0 saturated heterocycles. The molecule has 1 aliphatic carbocycles. The predicted molar refractivity (Wildman–Crippen MR) is 96.8 cm³/mol. The number of rotatable bonds is 13. The smallest absolute Gasteiger partial charge is 0.303 e. The fraction of sp³-hybridized carbons (Fsp3) is 0.850. The standard InChI is InChI=1S/C20H36O4/c1-2-3-6-9-17(21)14-12-16-13-15-19(22)18(16)10-7-4-5-8-11-20(23)24/h4,7,16-19,21-22H,2-3,5-6,8-15H2,1H3,(H,23,24)/t16-,17?,18+,19-/m0/s1. The maximum Gasteiger partial charge on any atom is 0.303 e. The Morgan fingerprint density at radius 1 is 1.17 bits per heavy atom. The van der Waals surface area contributed by atoms with Crippen LogP contribution in [0, 0.1) is 11.8 Å². The van der Waals surface area contributed by atoms with E-state index in [9.17, 15) is 15.0 Å². The van der Waals surface area contributed by atoms with Gasteiger partial charge in [0.1, 0.15) is 0 Å². The highest BCUT2D eigenvalue weighted by Gasteiger charge is 2.33. The summed E-state index contributed by atoms with van der Waals surface area (Å²) >= 11 is 0. The van der Waals surface area contributed by atoms with Gasteiger partial charge in [0.2, 0.25) is 0 Å². The number of aliphatic hydroxyl groups is 2. The topological polar surface area (TPSA) is 77.8 Å². The molecule has 1 rings (SSSR count). The summed E-state index contributed by atoms with van der Waals surface area (Å²) in [6.07, 6.45) is 14.4. The van der Waals surface area contributed by atoms with E-state index in [1.807, 2.05) is 6.08 Å². The number of allylic oxidation sites excluding steroid dienone is 2. The minimum atomic E-state index is -0.743. The van der Waals surface area contributed by atoms with Gasteiger partial charge in [-0.3, -0.25) is 4.79 Å². The zero-order valence-electron chi connectivity index (χ0n) is 15.2. The molecule has 0 aromatic rings. The highest BCUT2D eigenvalue weighted by molar-refractivity contribution is 5.66. The highest BCUT2D eigenvalue weighted by Crippen LogP contribution is 2.38. The van der Waals surface area contributed by atoms with E-state index >= 15 is 0 Å². The third-order valence-corrected chi connectivity index (χ3v) is 5.28. The molecule has 0 spiro atoms. The third kappa shape index (κ3) is 8.84. The van der Waals surface area contributed by atoms with Gasteiger partial charge in [-0.1, -0.05) is 38.3 Å². The summed E-state index contributed by atoms with van der Waals surface area (Å²) in [6.45, 7) is 2.17. The van der Waals surface area contributed by atoms with Gasteiger partial charge < -0.3 is 15.3 Å². The van der Waals surface area contributed by atoms with Crippen LogP contribution in [0.15, 0.2) is 12.2 Å². The van der Waals surface area contributed by atoms with Crippen molar-refractivity contribution in [3.05, 3.63) is 12.2 Å². The third-order valence-electron chi connectivity index (χ3n) is 5.28. The Bertz CT molecular complexity index is 367. The highest BCUT2D eigenvalue weighted by atomic mass is 16.4. The number of carbonyl (C=O) groups is 1. The van der Waals surface area contributed by atoms with E-state index < -0.39 is 5.97 Å². The summed E-state index contributed by atoms with van der Waals surface area (Å²) in [4.78, 5) is 10.5. The molecule has 4 nitrogen and oxygen atoms in total. The Morgan fingerprint density at radius 2 is 1.96 bits per heavy atom. The lowest BCUT2D eigenvalue weighted by Gasteiger charge is -2.22. The average Bonchev–Trinajstić information content (AvgIpc) is 2.89. The molecule has 0 amide bonds. The quantitative estimate of drug-likeness (QED) is 0.345. The zero-order chi connectivity index (χ0) is 17.8. The van der Waals surface area contributed by atoms with Crippen LogP contribution in [0.2, 0.25) is 0 Å². The van der Waals surface area contributed by atoms with E-state index in [1.54, 1.807) is 0 Å². The van der Waals surface area contributed by atoms with Gasteiger partial charge in [-0.15, -0.1) is 0 Å². The van der Waals surface area contributed by atoms with Gasteiger partial charge in [0, 0.05) is 6.42 Å². The van der Waals surface area contributed by atoms with Crippen molar-refractivity contribution in [2.24, 2.45) is 11.8 Å². The van der Waals surface area contributed by atoms with Gasteiger partial charge in [-0.05, 0) is 63.2 Å². The molecule has 0 aliphatic heterocycles. The number of hydrogen-bond acceptors (Lipinski definition) is 3. The Hall–Kier alpha value is -0.870. The fourth-order valence-corrected chi connectivity index (χ4v) is 3.76. The molecule has 24 heavy (non-hydrogen) atoms. The first-order chi connectivity index (χ1) is 11.5. The number of carboxylic acids is 1. The van der Waals surface area contributed by atoms with Crippen LogP contribution in [0.3, 0.4) is 0 Å². The normalized spacial score (nSPS) is 25.4. The first-order valence-electron chi connectivity index (χ1n) is 9.77. The number of unbranched alkanes of at least 4 members (excludes halogenated alkanes) is 3. The predicted octanol–water partition coefficient (Wildman–Crippen LogP) is 4.30. The molecule has 0 aromatic carbocycles. The lowest BCUT2D eigenvalue weighted by molar-refractivity contribution is -0.137. The number of aliphatic hydroxyl groups excluding tert-OH is 2. The molecule has 0 aromatic heterocycles. The Labute approximate surface area is 147 Å². The molecule has 0 radical (unpaired) electrons. The van der Waals surface area contributed by atoms with Crippen molar-refractivity contribution in [3.63, 3.8) is 0 Å². The van der Waals surface area contributed by atoms with E-state index in [0.717, 1.165) is 51.4 Å². The lowest BCUT2D eigenvalue weighted by atomic mass is 9.86. The number of hydrogen-bond donors (Lipinski definition) is 3. The molecule has 0 bridgehead atoms. The molecule has 1 saturated carbocycles. The lowest BCUT2D eigenvalue weighted by Crippen LogP contribution is -2.20. The first-order valence-corrected chi connectivity index (χ1v) is 9.77. The number of carboxylic acid groups (broad SMARTS) is 1. The minimum absolute atomic E-state index is 0.193. The van der Waals surface area contributed by atoms with Crippen molar-refractivity contribution < 1.29 is 20.1 Å². The van der Waals surface area contributed by atoms with Crippen molar-refractivity contribution >= 4 is 5.97 Å². The van der Waals surface area contributed by atoms with Crippen LogP contribution in [-0.2, 0) is 4.79 Å². The van der Waals surface area contributed by atoms with Crippen LogP contribution in [0.25, 0.3) is 0 Å². The second kappa shape index (κ2) is 12.5. The Balaban J connectivity index is 2.26. The summed E-state index contributed by atoms with van der Waals surface area (Å²) < 4.78 is 0. The van der Waals surface area contributed by atoms with Crippen molar-refractivity contribution in [1.82, 2.24) is 0 Å². The Morgan fingerprint density at radius 3 is 2.67 bits per heavy atom. The molecule has 140 valence electrons. The molecule has 3 N–H and O–H groups in total. The van der Waals surface area contributed by atoms with Crippen LogP contribution in [0.5, 0.6) is 0 Å². The maximum absolute atomic E-state index is 10.5. The van der Waals surface area contributed by atoms with Crippen molar-refractivity contribution in [2.45, 2.75) is 96.2 Å². The van der Waals surface area contributed by atoms with Gasteiger partial charge in [-0.2, -0.15) is 0 Å². The molecular weight excluding hydrogens is 304 g/mol. The van der Waals surface area contributed by atoms with E-state index in [-0.39, 0.29) is 18.6 Å². The van der Waals surface area contributed by atoms with Crippen molar-refractivity contribution in [3.8, 4) is 0 Å². The van der Waals surface area contributed by atoms with E-state index in [4.69, 9.17) is 5.11 Å². The molecule has 4 atom stereocenters. The van der Waals surface area contributed by atoms with Crippen molar-refractivity contribution in [1.29, 1.82) is 0 Å². The van der Waals surface area contributed by atoms with Crippen molar-refractivity contribution in [2.75, 3.05) is 0 Å². The van der Waals surface area contributed by atoms with Gasteiger partial charge in [0.15, 0.2) is 0 Å². The summed E-state index contributed by atoms with van der Waals surface area (Å²) in [5, 5.41) is 28.9. The van der Waals surface area contributed by atoms with Crippen LogP contribution in [-0.4, -0.2) is 33.5 Å². The molecule has 0 heterocycles. The summed E-state index contributed by atoms with van der Waals surface area (Å²) in [5.41, 5.74) is 0. The van der Waals surface area contributed by atoms with Crippen LogP contribution in [0.4, 0.5) is 0 Å². The van der Waals surface area contributed by atoms with Gasteiger partial charge >= 0.3 is 5.97 Å². The molecule has 4 heteroatoms. The molecule has 1 unspecified atom stereocenters. The summed E-state index contributed by atoms with van der Waals surface area (Å²) in [6, 6.07) is 0. The van der Waals surface area contributed by atoms with Gasteiger partial charge in [-0.25, -0.2) is 0 Å². The fourth-order valence-electron chi connectivity index (χ4n) is 3.76. The largest absolute Gasteiger partial charge is 0.481 e. The number of aliphatic carboxylic acids is 1. The van der Waals surface area contributed by atoms with Gasteiger partial charge in [0.25, 0.3) is 0 Å². The van der Waals surface area contributed by atoms with Crippen LogP contribution >= 0.6 is 0 Å². The minimum Gasteiger partial charge on any atom is -0.481 e. The van der Waals surface area contributed by atoms with E-state index in [0.29, 0.717) is 18.3 Å². The summed E-state index contributed by atoms with van der Waals surface area (Å²) in [5.74, 6) is 0.0558. The van der Waals surface area contributed by atoms with E-state index in [2.05, 4.69) is 13.0 Å². The SMILES string of the molecule is CCCCCC(O)CC[C@H]1CC[C@H](O)[C@@H]1CC=CCCCC(=O)O. The molecule has 1 aliphatic rings. The molecular formula is C20H36O4. The molecule has 1 fully saturated rings. The zero-order valence-corrected chi connectivity index (χ0v) is 15.2. The average molecular weight is 341 g/mol. The first kappa shape index (κ1) is 21.2. The van der Waals surface area contributed by atoms with Gasteiger partial charge in [0.05, 0.1) is 12.2 Å². The monoisotopic (exact) mass is 340 g/mol. The Kier molecular flexibility index (Phi) is 11.0. The van der Waals surface area contributed by atoms with Crippen LogP contribution < -0.4 is 0 Å². The summed E-state index contributed by atoms with van der Waals surface area (Å²) in [7, 11) is 0. The maximum atomic E-state index is 10.5. The second-order valence-electron chi connectivity index (χ2n) is 7.29. The van der Waals surface area contributed by atoms with E-state index in [1.165, 1.54) is 12.8 Å². The van der Waals surface area contributed by atoms with Crippen LogP contribution in [0.1, 0.15) is 84.0 Å².